The van der Waals surface area contributed by atoms with Crippen LogP contribution in [0.15, 0.2) is 24.3 Å². The molecule has 0 aromatic heterocycles. The molecular weight excluding hydrogens is 246 g/mol. The highest BCUT2D eigenvalue weighted by Crippen LogP contribution is 2.17. The van der Waals surface area contributed by atoms with E-state index in [1.165, 1.54) is 6.07 Å². The minimum atomic E-state index is -0.414. The molecule has 6 heteroatoms. The molecule has 0 radical (unpaired) electrons. The van der Waals surface area contributed by atoms with Crippen molar-refractivity contribution in [2.24, 2.45) is 11.7 Å². The molecule has 1 atom stereocenters. The first-order valence-corrected chi connectivity index (χ1v) is 6.18. The van der Waals surface area contributed by atoms with E-state index in [0.717, 1.165) is 0 Å². The summed E-state index contributed by atoms with van der Waals surface area (Å²) >= 11 is 0. The fourth-order valence-corrected chi connectivity index (χ4v) is 1.93. The van der Waals surface area contributed by atoms with Gasteiger partial charge in [-0.1, -0.05) is 32.0 Å². The van der Waals surface area contributed by atoms with Crippen LogP contribution in [0.3, 0.4) is 0 Å². The topological polar surface area (TPSA) is 98.3 Å². The summed E-state index contributed by atoms with van der Waals surface area (Å²) in [5, 5.41) is 13.9. The Morgan fingerprint density at radius 2 is 2.05 bits per heavy atom. The largest absolute Gasteiger partial charge is 0.368 e. The number of nitrogens with zero attached hydrogens (tertiary/aromatic N) is 1. The molecule has 0 aliphatic carbocycles. The van der Waals surface area contributed by atoms with E-state index in [4.69, 9.17) is 5.73 Å². The van der Waals surface area contributed by atoms with E-state index in [1.54, 1.807) is 18.2 Å². The summed E-state index contributed by atoms with van der Waals surface area (Å²) in [4.78, 5) is 21.7. The van der Waals surface area contributed by atoms with Crippen molar-refractivity contribution < 1.29 is 9.72 Å². The number of primary amides is 1. The van der Waals surface area contributed by atoms with Crippen molar-refractivity contribution in [3.63, 3.8) is 0 Å². The molecule has 1 unspecified atom stereocenters. The van der Waals surface area contributed by atoms with Crippen molar-refractivity contribution in [2.75, 3.05) is 6.54 Å². The van der Waals surface area contributed by atoms with Crippen LogP contribution in [-0.2, 0) is 11.2 Å². The lowest BCUT2D eigenvalue weighted by atomic mass is 10.0. The van der Waals surface area contributed by atoms with E-state index in [-0.39, 0.29) is 11.6 Å². The van der Waals surface area contributed by atoms with Gasteiger partial charge in [0.1, 0.15) is 0 Å². The lowest BCUT2D eigenvalue weighted by molar-refractivity contribution is -0.385. The Kier molecular flexibility index (Phi) is 5.44. The SMILES string of the molecule is CC(C)C(NCCc1ccccc1[N+](=O)[O-])C(N)=O. The van der Waals surface area contributed by atoms with Gasteiger partial charge in [-0.3, -0.25) is 14.9 Å². The van der Waals surface area contributed by atoms with Crippen LogP contribution in [0, 0.1) is 16.0 Å². The van der Waals surface area contributed by atoms with Gasteiger partial charge in [-0.25, -0.2) is 0 Å². The van der Waals surface area contributed by atoms with Crippen molar-refractivity contribution in [2.45, 2.75) is 26.3 Å². The first-order valence-electron chi connectivity index (χ1n) is 6.18. The second-order valence-electron chi connectivity index (χ2n) is 4.71. The number of para-hydroxylation sites is 1. The molecule has 6 nitrogen and oxygen atoms in total. The Hall–Kier alpha value is -1.95. The molecule has 0 fully saturated rings. The lowest BCUT2D eigenvalue weighted by Gasteiger charge is -2.18. The number of nitrogens with one attached hydrogen (secondary N) is 1. The Morgan fingerprint density at radius 3 is 2.58 bits per heavy atom. The Bertz CT molecular complexity index is 460. The summed E-state index contributed by atoms with van der Waals surface area (Å²) in [6.07, 6.45) is 0.480. The van der Waals surface area contributed by atoms with Gasteiger partial charge in [0.25, 0.3) is 5.69 Å². The zero-order valence-corrected chi connectivity index (χ0v) is 11.1. The van der Waals surface area contributed by atoms with Gasteiger partial charge in [-0.2, -0.15) is 0 Å². The molecule has 0 aliphatic rings. The number of amides is 1. The van der Waals surface area contributed by atoms with Gasteiger partial charge >= 0.3 is 0 Å². The fraction of sp³-hybridized carbons (Fsp3) is 0.462. The van der Waals surface area contributed by atoms with Gasteiger partial charge < -0.3 is 11.1 Å². The molecule has 1 aromatic carbocycles. The monoisotopic (exact) mass is 265 g/mol. The molecule has 1 aromatic rings. The number of nitro benzene ring substituents is 1. The standard InChI is InChI=1S/C13H19N3O3/c1-9(2)12(13(14)17)15-8-7-10-5-3-4-6-11(10)16(18)19/h3-6,9,12,15H,7-8H2,1-2H3,(H2,14,17). The molecule has 19 heavy (non-hydrogen) atoms. The van der Waals surface area contributed by atoms with E-state index in [9.17, 15) is 14.9 Å². The van der Waals surface area contributed by atoms with Gasteiger partial charge in [0, 0.05) is 18.2 Å². The van der Waals surface area contributed by atoms with Crippen LogP contribution in [0.25, 0.3) is 0 Å². The molecule has 0 saturated carbocycles. The number of carbonyl (C=O) groups is 1. The highest BCUT2D eigenvalue weighted by molar-refractivity contribution is 5.80. The van der Waals surface area contributed by atoms with E-state index in [2.05, 4.69) is 5.32 Å². The maximum absolute atomic E-state index is 11.2. The zero-order chi connectivity index (χ0) is 14.4. The molecule has 0 heterocycles. The minimum absolute atomic E-state index is 0.0864. The molecule has 104 valence electrons. The Labute approximate surface area is 112 Å². The molecule has 0 saturated heterocycles. The molecule has 3 N–H and O–H groups in total. The number of nitrogens with two attached hydrogens (primary N) is 1. The molecule has 1 rings (SSSR count). The average molecular weight is 265 g/mol. The Morgan fingerprint density at radius 1 is 1.42 bits per heavy atom. The van der Waals surface area contributed by atoms with E-state index >= 15 is 0 Å². The van der Waals surface area contributed by atoms with Gasteiger partial charge in [-0.15, -0.1) is 0 Å². The molecule has 0 spiro atoms. The average Bonchev–Trinajstić information content (AvgIpc) is 2.33. The number of rotatable bonds is 7. The third kappa shape index (κ3) is 4.33. The predicted octanol–water partition coefficient (Wildman–Crippen LogP) is 1.24. The molecule has 0 aliphatic heterocycles. The van der Waals surface area contributed by atoms with E-state index in [0.29, 0.717) is 18.5 Å². The summed E-state index contributed by atoms with van der Waals surface area (Å²) in [7, 11) is 0. The van der Waals surface area contributed by atoms with Crippen molar-refractivity contribution >= 4 is 11.6 Å². The van der Waals surface area contributed by atoms with Gasteiger partial charge in [-0.05, 0) is 12.3 Å². The Balaban J connectivity index is 2.63. The van der Waals surface area contributed by atoms with E-state index < -0.39 is 16.9 Å². The number of benzene rings is 1. The summed E-state index contributed by atoms with van der Waals surface area (Å²) in [6.45, 7) is 4.26. The normalized spacial score (nSPS) is 12.4. The van der Waals surface area contributed by atoms with Gasteiger partial charge in [0.15, 0.2) is 0 Å². The van der Waals surface area contributed by atoms with Crippen molar-refractivity contribution in [3.05, 3.63) is 39.9 Å². The quantitative estimate of drug-likeness (QED) is 0.572. The molecule has 1 amide bonds. The number of nitro groups is 1. The predicted molar refractivity (Wildman–Crippen MR) is 72.6 cm³/mol. The molecule has 0 bridgehead atoms. The second kappa shape index (κ2) is 6.84. The van der Waals surface area contributed by atoms with Crippen LogP contribution in [0.5, 0.6) is 0 Å². The van der Waals surface area contributed by atoms with Crippen LogP contribution in [0.2, 0.25) is 0 Å². The number of carbonyl (C=O) groups excluding carboxylic acids is 1. The zero-order valence-electron chi connectivity index (χ0n) is 11.1. The van der Waals surface area contributed by atoms with Crippen LogP contribution in [-0.4, -0.2) is 23.4 Å². The van der Waals surface area contributed by atoms with Crippen LogP contribution >= 0.6 is 0 Å². The maximum Gasteiger partial charge on any atom is 0.272 e. The smallest absolute Gasteiger partial charge is 0.272 e. The van der Waals surface area contributed by atoms with Crippen molar-refractivity contribution in [3.8, 4) is 0 Å². The van der Waals surface area contributed by atoms with Crippen molar-refractivity contribution in [1.82, 2.24) is 5.32 Å². The third-order valence-electron chi connectivity index (χ3n) is 2.92. The lowest BCUT2D eigenvalue weighted by Crippen LogP contribution is -2.45. The fourth-order valence-electron chi connectivity index (χ4n) is 1.93. The van der Waals surface area contributed by atoms with Gasteiger partial charge in [0.2, 0.25) is 5.91 Å². The summed E-state index contributed by atoms with van der Waals surface area (Å²) < 4.78 is 0. The highest BCUT2D eigenvalue weighted by atomic mass is 16.6. The summed E-state index contributed by atoms with van der Waals surface area (Å²) in [6, 6.07) is 6.17. The first-order chi connectivity index (χ1) is 8.93. The molecular formula is C13H19N3O3. The van der Waals surface area contributed by atoms with Crippen molar-refractivity contribution in [1.29, 1.82) is 0 Å². The number of hydrogen-bond acceptors (Lipinski definition) is 4. The van der Waals surface area contributed by atoms with Gasteiger partial charge in [0.05, 0.1) is 11.0 Å². The summed E-state index contributed by atoms with van der Waals surface area (Å²) in [5.41, 5.74) is 6.03. The second-order valence-corrected chi connectivity index (χ2v) is 4.71. The van der Waals surface area contributed by atoms with Crippen LogP contribution in [0.4, 0.5) is 5.69 Å². The maximum atomic E-state index is 11.2. The van der Waals surface area contributed by atoms with Crippen LogP contribution in [0.1, 0.15) is 19.4 Å². The van der Waals surface area contributed by atoms with E-state index in [1.807, 2.05) is 13.8 Å². The summed E-state index contributed by atoms with van der Waals surface area (Å²) in [5.74, 6) is -0.319. The number of hydrogen-bond donors (Lipinski definition) is 2. The highest BCUT2D eigenvalue weighted by Gasteiger charge is 2.19. The first kappa shape index (κ1) is 15.1. The van der Waals surface area contributed by atoms with Crippen LogP contribution < -0.4 is 11.1 Å². The minimum Gasteiger partial charge on any atom is -0.368 e. The third-order valence-corrected chi connectivity index (χ3v) is 2.92.